The second-order valence-electron chi connectivity index (χ2n) is 2.75. The molecule has 1 rings (SSSR count). The Morgan fingerprint density at radius 2 is 2.29 bits per heavy atom. The van der Waals surface area contributed by atoms with Crippen LogP contribution in [0.4, 0.5) is 0 Å². The zero-order valence-electron chi connectivity index (χ0n) is 8.37. The van der Waals surface area contributed by atoms with Gasteiger partial charge in [0.1, 0.15) is 11.6 Å². The van der Waals surface area contributed by atoms with Gasteiger partial charge < -0.3 is 0 Å². The highest BCUT2D eigenvalue weighted by Crippen LogP contribution is 2.11. The molecule has 0 bridgehead atoms. The van der Waals surface area contributed by atoms with Crippen LogP contribution in [0.1, 0.15) is 18.2 Å². The molecule has 4 nitrogen and oxygen atoms in total. The molecule has 0 saturated heterocycles. The largest absolute Gasteiger partial charge is 0.290 e. The first-order valence-electron chi connectivity index (χ1n) is 4.19. The molecule has 0 aliphatic heterocycles. The van der Waals surface area contributed by atoms with E-state index in [1.807, 2.05) is 19.2 Å². The first kappa shape index (κ1) is 10.8. The van der Waals surface area contributed by atoms with Gasteiger partial charge in [0.2, 0.25) is 0 Å². The number of aromatic nitrogens is 2. The van der Waals surface area contributed by atoms with Crippen LogP contribution in [0.15, 0.2) is 9.95 Å². The Morgan fingerprint density at radius 1 is 1.64 bits per heavy atom. The summed E-state index contributed by atoms with van der Waals surface area (Å²) in [5.41, 5.74) is 0.483. The molecule has 0 radical (unpaired) electrons. The molecule has 1 heterocycles. The van der Waals surface area contributed by atoms with Gasteiger partial charge in [-0.25, -0.2) is 4.98 Å². The smallest absolute Gasteiger partial charge is 0.272 e. The van der Waals surface area contributed by atoms with Crippen LogP contribution < -0.4 is 5.56 Å². The first-order chi connectivity index (χ1) is 6.65. The van der Waals surface area contributed by atoms with Gasteiger partial charge in [0.25, 0.3) is 5.56 Å². The molecule has 74 valence electrons. The Morgan fingerprint density at radius 3 is 2.71 bits per heavy atom. The Kier molecular flexibility index (Phi) is 3.31. The summed E-state index contributed by atoms with van der Waals surface area (Å²) in [6.45, 7) is 1.88. The molecule has 0 aliphatic rings. The molecule has 0 spiro atoms. The number of rotatable bonds is 2. The molecule has 1 aromatic heterocycles. The van der Waals surface area contributed by atoms with Gasteiger partial charge >= 0.3 is 0 Å². The zero-order valence-corrected chi connectivity index (χ0v) is 9.18. The number of hydrogen-bond donors (Lipinski definition) is 0. The van der Waals surface area contributed by atoms with Crippen molar-refractivity contribution in [1.29, 1.82) is 5.26 Å². The highest BCUT2D eigenvalue weighted by molar-refractivity contribution is 7.98. The predicted octanol–water partition coefficient (Wildman–Crippen LogP) is 0.936. The predicted molar refractivity (Wildman–Crippen MR) is 55.4 cm³/mol. The molecule has 0 N–H and O–H groups in total. The van der Waals surface area contributed by atoms with Crippen LogP contribution >= 0.6 is 11.8 Å². The van der Waals surface area contributed by atoms with E-state index in [9.17, 15) is 4.79 Å². The lowest BCUT2D eigenvalue weighted by Crippen LogP contribution is -2.24. The number of hydrogen-bond acceptors (Lipinski definition) is 4. The maximum Gasteiger partial charge on any atom is 0.272 e. The van der Waals surface area contributed by atoms with Gasteiger partial charge in [0, 0.05) is 7.05 Å². The van der Waals surface area contributed by atoms with E-state index in [1.54, 1.807) is 7.05 Å². The fourth-order valence-corrected chi connectivity index (χ4v) is 1.73. The maximum absolute atomic E-state index is 11.6. The monoisotopic (exact) mass is 209 g/mol. The third-order valence-corrected chi connectivity index (χ3v) is 2.68. The molecule has 0 aromatic carbocycles. The normalized spacial score (nSPS) is 9.86. The average Bonchev–Trinajstić information content (AvgIpc) is 2.21. The summed E-state index contributed by atoms with van der Waals surface area (Å²) in [5.74, 6) is 0. The van der Waals surface area contributed by atoms with Crippen molar-refractivity contribution in [3.05, 3.63) is 21.6 Å². The quantitative estimate of drug-likeness (QED) is 0.537. The standard InChI is InChI=1S/C9H11N3OS/c1-4-7-6(5-10)8(13)12(2)9(11-7)14-3/h4H2,1-3H3. The molecule has 0 saturated carbocycles. The Labute approximate surface area is 86.6 Å². The Bertz CT molecular complexity index is 445. The van der Waals surface area contributed by atoms with Crippen molar-refractivity contribution in [2.24, 2.45) is 7.05 Å². The van der Waals surface area contributed by atoms with Crippen molar-refractivity contribution in [2.45, 2.75) is 18.5 Å². The molecular weight excluding hydrogens is 198 g/mol. The Balaban J connectivity index is 3.57. The molecule has 5 heteroatoms. The van der Waals surface area contributed by atoms with E-state index < -0.39 is 0 Å². The van der Waals surface area contributed by atoms with Crippen molar-refractivity contribution < 1.29 is 0 Å². The van der Waals surface area contributed by atoms with Crippen molar-refractivity contribution in [2.75, 3.05) is 6.26 Å². The summed E-state index contributed by atoms with van der Waals surface area (Å²) in [5, 5.41) is 9.45. The molecular formula is C9H11N3OS. The van der Waals surface area contributed by atoms with E-state index in [1.165, 1.54) is 16.3 Å². The van der Waals surface area contributed by atoms with Gasteiger partial charge in [-0.3, -0.25) is 9.36 Å². The lowest BCUT2D eigenvalue weighted by molar-refractivity contribution is 0.687. The molecule has 0 amide bonds. The van der Waals surface area contributed by atoms with Crippen molar-refractivity contribution in [3.63, 3.8) is 0 Å². The van der Waals surface area contributed by atoms with Gasteiger partial charge in [0.15, 0.2) is 5.16 Å². The summed E-state index contributed by atoms with van der Waals surface area (Å²) in [7, 11) is 1.63. The fraction of sp³-hybridized carbons (Fsp3) is 0.444. The summed E-state index contributed by atoms with van der Waals surface area (Å²) in [6, 6.07) is 1.90. The van der Waals surface area contributed by atoms with Crippen LogP contribution in [0.5, 0.6) is 0 Å². The number of nitrogens with zero attached hydrogens (tertiary/aromatic N) is 3. The zero-order chi connectivity index (χ0) is 10.7. The van der Waals surface area contributed by atoms with E-state index in [0.29, 0.717) is 17.3 Å². The van der Waals surface area contributed by atoms with E-state index >= 15 is 0 Å². The maximum atomic E-state index is 11.6. The third kappa shape index (κ3) is 1.66. The van der Waals surface area contributed by atoms with Gasteiger partial charge in [0.05, 0.1) is 5.69 Å². The number of aryl methyl sites for hydroxylation is 1. The second kappa shape index (κ2) is 4.29. The molecule has 0 atom stereocenters. The minimum absolute atomic E-state index is 0.160. The average molecular weight is 209 g/mol. The van der Waals surface area contributed by atoms with E-state index in [0.717, 1.165) is 0 Å². The molecule has 0 fully saturated rings. The minimum atomic E-state index is -0.260. The molecule has 0 aliphatic carbocycles. The van der Waals surface area contributed by atoms with Crippen LogP contribution in [-0.2, 0) is 13.5 Å². The topological polar surface area (TPSA) is 58.7 Å². The van der Waals surface area contributed by atoms with Gasteiger partial charge in [-0.15, -0.1) is 0 Å². The van der Waals surface area contributed by atoms with Crippen LogP contribution in [-0.4, -0.2) is 15.8 Å². The summed E-state index contributed by atoms with van der Waals surface area (Å²) < 4.78 is 1.41. The van der Waals surface area contributed by atoms with E-state index in [-0.39, 0.29) is 11.1 Å². The van der Waals surface area contributed by atoms with Crippen molar-refractivity contribution in [1.82, 2.24) is 9.55 Å². The summed E-state index contributed by atoms with van der Waals surface area (Å²) >= 11 is 1.40. The summed E-state index contributed by atoms with van der Waals surface area (Å²) in [6.07, 6.45) is 2.46. The minimum Gasteiger partial charge on any atom is -0.290 e. The molecule has 14 heavy (non-hydrogen) atoms. The highest BCUT2D eigenvalue weighted by atomic mass is 32.2. The van der Waals surface area contributed by atoms with E-state index in [4.69, 9.17) is 5.26 Å². The van der Waals surface area contributed by atoms with Gasteiger partial charge in [-0.2, -0.15) is 5.26 Å². The van der Waals surface area contributed by atoms with Gasteiger partial charge in [-0.1, -0.05) is 18.7 Å². The van der Waals surface area contributed by atoms with Crippen LogP contribution in [0.3, 0.4) is 0 Å². The van der Waals surface area contributed by atoms with Crippen molar-refractivity contribution >= 4 is 11.8 Å². The fourth-order valence-electron chi connectivity index (χ4n) is 1.18. The van der Waals surface area contributed by atoms with Crippen LogP contribution in [0.25, 0.3) is 0 Å². The number of thioether (sulfide) groups is 1. The van der Waals surface area contributed by atoms with Crippen LogP contribution in [0, 0.1) is 11.3 Å². The Hall–Kier alpha value is -1.28. The SMILES string of the molecule is CCc1nc(SC)n(C)c(=O)c1C#N. The van der Waals surface area contributed by atoms with Crippen LogP contribution in [0.2, 0.25) is 0 Å². The first-order valence-corrected chi connectivity index (χ1v) is 5.42. The number of nitriles is 1. The lowest BCUT2D eigenvalue weighted by atomic mass is 10.2. The van der Waals surface area contributed by atoms with Gasteiger partial charge in [-0.05, 0) is 12.7 Å². The molecule has 1 aromatic rings. The molecule has 0 unspecified atom stereocenters. The highest BCUT2D eigenvalue weighted by Gasteiger charge is 2.11. The lowest BCUT2D eigenvalue weighted by Gasteiger charge is -2.07. The summed E-state index contributed by atoms with van der Waals surface area (Å²) in [4.78, 5) is 15.9. The third-order valence-electron chi connectivity index (χ3n) is 1.95. The second-order valence-corrected chi connectivity index (χ2v) is 3.52. The van der Waals surface area contributed by atoms with E-state index in [2.05, 4.69) is 4.98 Å². The van der Waals surface area contributed by atoms with Crippen molar-refractivity contribution in [3.8, 4) is 6.07 Å².